The Morgan fingerprint density at radius 1 is 1.08 bits per heavy atom. The first-order valence-corrected chi connectivity index (χ1v) is 11.5. The van der Waals surface area contributed by atoms with E-state index in [9.17, 15) is 13.2 Å². The van der Waals surface area contributed by atoms with Gasteiger partial charge in [-0.05, 0) is 56.4 Å². The molecule has 3 aliphatic heterocycles. The second-order valence-electron chi connectivity index (χ2n) is 8.53. The van der Waals surface area contributed by atoms with Crippen LogP contribution in [0.1, 0.15) is 46.0 Å². The molecule has 150 valence electrons. The minimum Gasteiger partial charge on any atom is -0.354 e. The number of nitrogens with zero attached hydrogens (tertiary/aromatic N) is 2. The summed E-state index contributed by atoms with van der Waals surface area (Å²) in [6.07, 6.45) is 4.86. The molecule has 0 aromatic rings. The van der Waals surface area contributed by atoms with E-state index >= 15 is 0 Å². The van der Waals surface area contributed by atoms with Crippen LogP contribution in [0.4, 0.5) is 0 Å². The summed E-state index contributed by atoms with van der Waals surface area (Å²) in [5.41, 5.74) is 0. The van der Waals surface area contributed by atoms with Crippen molar-refractivity contribution in [3.63, 3.8) is 0 Å². The van der Waals surface area contributed by atoms with Gasteiger partial charge in [-0.15, -0.1) is 0 Å². The van der Waals surface area contributed by atoms with Crippen LogP contribution in [-0.2, 0) is 15.0 Å². The average Bonchev–Trinajstić information content (AvgIpc) is 3.14. The quantitative estimate of drug-likeness (QED) is 0.732. The third kappa shape index (κ3) is 4.77. The van der Waals surface area contributed by atoms with Gasteiger partial charge in [0.25, 0.3) is 10.2 Å². The zero-order chi connectivity index (χ0) is 18.7. The van der Waals surface area contributed by atoms with Crippen molar-refractivity contribution < 1.29 is 13.2 Å². The Bertz CT molecular complexity index is 581. The lowest BCUT2D eigenvalue weighted by atomic mass is 9.94. The molecule has 26 heavy (non-hydrogen) atoms. The van der Waals surface area contributed by atoms with Crippen molar-refractivity contribution in [1.82, 2.24) is 19.2 Å². The van der Waals surface area contributed by atoms with E-state index in [1.807, 2.05) is 0 Å². The zero-order valence-corrected chi connectivity index (χ0v) is 16.9. The SMILES string of the molecule is CC1CC(C)CN(S(=O)(=O)N2CCCC(CNC(=O)C3CCCN3)C2)C1. The van der Waals surface area contributed by atoms with E-state index < -0.39 is 10.2 Å². The largest absolute Gasteiger partial charge is 0.354 e. The third-order valence-corrected chi connectivity index (χ3v) is 7.85. The van der Waals surface area contributed by atoms with E-state index in [4.69, 9.17) is 0 Å². The monoisotopic (exact) mass is 386 g/mol. The van der Waals surface area contributed by atoms with Gasteiger partial charge >= 0.3 is 0 Å². The molecule has 0 spiro atoms. The standard InChI is InChI=1S/C18H34N4O3S/c1-14-9-15(2)12-22(11-14)26(24,25)21-8-4-5-16(13-21)10-20-18(23)17-6-3-7-19-17/h14-17,19H,3-13H2,1-2H3,(H,20,23). The van der Waals surface area contributed by atoms with Crippen LogP contribution in [-0.4, -0.2) is 68.2 Å². The van der Waals surface area contributed by atoms with Gasteiger partial charge in [0.2, 0.25) is 5.91 Å². The Hall–Kier alpha value is -0.700. The molecule has 3 fully saturated rings. The maximum atomic E-state index is 13.1. The molecule has 0 radical (unpaired) electrons. The molecule has 3 saturated heterocycles. The fraction of sp³-hybridized carbons (Fsp3) is 0.944. The van der Waals surface area contributed by atoms with Gasteiger partial charge in [0, 0.05) is 32.7 Å². The van der Waals surface area contributed by atoms with E-state index in [0.717, 1.165) is 38.6 Å². The van der Waals surface area contributed by atoms with Crippen molar-refractivity contribution in [2.45, 2.75) is 52.0 Å². The van der Waals surface area contributed by atoms with Crippen LogP contribution in [0.5, 0.6) is 0 Å². The summed E-state index contributed by atoms with van der Waals surface area (Å²) in [5, 5.41) is 6.23. The summed E-state index contributed by atoms with van der Waals surface area (Å²) >= 11 is 0. The lowest BCUT2D eigenvalue weighted by Crippen LogP contribution is -2.53. The summed E-state index contributed by atoms with van der Waals surface area (Å²) in [5.74, 6) is 1.07. The Morgan fingerprint density at radius 2 is 1.81 bits per heavy atom. The Labute approximate surface area is 158 Å². The first-order chi connectivity index (χ1) is 12.4. The van der Waals surface area contributed by atoms with E-state index in [2.05, 4.69) is 24.5 Å². The zero-order valence-electron chi connectivity index (χ0n) is 16.1. The number of carbonyl (C=O) groups excluding carboxylic acids is 1. The fourth-order valence-corrected chi connectivity index (χ4v) is 6.61. The Balaban J connectivity index is 1.54. The van der Waals surface area contributed by atoms with E-state index in [1.165, 1.54) is 0 Å². The van der Waals surface area contributed by atoms with Gasteiger partial charge in [0.05, 0.1) is 6.04 Å². The molecule has 3 aliphatic rings. The minimum atomic E-state index is -3.40. The Kier molecular flexibility index (Phi) is 6.59. The summed E-state index contributed by atoms with van der Waals surface area (Å²) in [6, 6.07) is -0.0743. The molecule has 1 amide bonds. The number of carbonyl (C=O) groups is 1. The molecule has 0 aromatic heterocycles. The third-order valence-electron chi connectivity index (χ3n) is 5.91. The molecule has 3 rings (SSSR count). The van der Waals surface area contributed by atoms with Gasteiger partial charge in [-0.3, -0.25) is 4.79 Å². The predicted molar refractivity (Wildman–Crippen MR) is 102 cm³/mol. The number of nitrogens with one attached hydrogen (secondary N) is 2. The van der Waals surface area contributed by atoms with Crippen LogP contribution < -0.4 is 10.6 Å². The summed E-state index contributed by atoms with van der Waals surface area (Å²) in [7, 11) is -3.40. The number of rotatable bonds is 5. The highest BCUT2D eigenvalue weighted by atomic mass is 32.2. The van der Waals surface area contributed by atoms with Crippen molar-refractivity contribution in [1.29, 1.82) is 0 Å². The highest BCUT2D eigenvalue weighted by molar-refractivity contribution is 7.86. The van der Waals surface area contributed by atoms with Gasteiger partial charge in [-0.1, -0.05) is 13.8 Å². The van der Waals surface area contributed by atoms with E-state index in [0.29, 0.717) is 44.6 Å². The molecular formula is C18H34N4O3S. The van der Waals surface area contributed by atoms with Crippen LogP contribution in [0.3, 0.4) is 0 Å². The van der Waals surface area contributed by atoms with Gasteiger partial charge in [0.1, 0.15) is 0 Å². The predicted octanol–water partition coefficient (Wildman–Crippen LogP) is 0.789. The molecule has 8 heteroatoms. The molecule has 4 unspecified atom stereocenters. The molecule has 4 atom stereocenters. The molecular weight excluding hydrogens is 352 g/mol. The van der Waals surface area contributed by atoms with Crippen LogP contribution in [0.15, 0.2) is 0 Å². The van der Waals surface area contributed by atoms with E-state index in [-0.39, 0.29) is 17.9 Å². The van der Waals surface area contributed by atoms with Crippen LogP contribution in [0, 0.1) is 17.8 Å². The highest BCUT2D eigenvalue weighted by Crippen LogP contribution is 2.27. The molecule has 2 N–H and O–H groups in total. The molecule has 7 nitrogen and oxygen atoms in total. The van der Waals surface area contributed by atoms with Crippen LogP contribution in [0.25, 0.3) is 0 Å². The minimum absolute atomic E-state index is 0.0566. The fourth-order valence-electron chi connectivity index (χ4n) is 4.64. The molecule has 0 aromatic carbocycles. The lowest BCUT2D eigenvalue weighted by Gasteiger charge is -2.39. The molecule has 0 saturated carbocycles. The van der Waals surface area contributed by atoms with Crippen molar-refractivity contribution in [2.24, 2.45) is 17.8 Å². The maximum absolute atomic E-state index is 13.1. The summed E-state index contributed by atoms with van der Waals surface area (Å²) < 4.78 is 29.5. The number of amides is 1. The topological polar surface area (TPSA) is 81.8 Å². The molecule has 3 heterocycles. The summed E-state index contributed by atoms with van der Waals surface area (Å²) in [4.78, 5) is 12.2. The normalized spacial score (nSPS) is 34.7. The molecule has 0 aliphatic carbocycles. The second-order valence-corrected chi connectivity index (χ2v) is 10.5. The lowest BCUT2D eigenvalue weighted by molar-refractivity contribution is -0.123. The van der Waals surface area contributed by atoms with Crippen molar-refractivity contribution in [3.8, 4) is 0 Å². The smallest absolute Gasteiger partial charge is 0.282 e. The van der Waals surface area contributed by atoms with Gasteiger partial charge < -0.3 is 10.6 Å². The number of hydrogen-bond acceptors (Lipinski definition) is 4. The number of hydrogen-bond donors (Lipinski definition) is 2. The van der Waals surface area contributed by atoms with Gasteiger partial charge in [-0.25, -0.2) is 0 Å². The van der Waals surface area contributed by atoms with Gasteiger partial charge in [-0.2, -0.15) is 17.0 Å². The van der Waals surface area contributed by atoms with Gasteiger partial charge in [0.15, 0.2) is 0 Å². The van der Waals surface area contributed by atoms with Crippen LogP contribution in [0.2, 0.25) is 0 Å². The second kappa shape index (κ2) is 8.54. The van der Waals surface area contributed by atoms with Crippen LogP contribution >= 0.6 is 0 Å². The average molecular weight is 387 g/mol. The maximum Gasteiger partial charge on any atom is 0.282 e. The van der Waals surface area contributed by atoms with Crippen molar-refractivity contribution in [2.75, 3.05) is 39.3 Å². The van der Waals surface area contributed by atoms with E-state index in [1.54, 1.807) is 8.61 Å². The van der Waals surface area contributed by atoms with Crippen molar-refractivity contribution >= 4 is 16.1 Å². The Morgan fingerprint density at radius 3 is 2.46 bits per heavy atom. The molecule has 0 bridgehead atoms. The highest BCUT2D eigenvalue weighted by Gasteiger charge is 2.37. The summed E-state index contributed by atoms with van der Waals surface area (Å²) in [6.45, 7) is 8.08. The number of piperidine rings is 2. The first-order valence-electron chi connectivity index (χ1n) is 10.1. The first kappa shape index (κ1) is 20.0. The van der Waals surface area contributed by atoms with Crippen molar-refractivity contribution in [3.05, 3.63) is 0 Å².